The van der Waals surface area contributed by atoms with E-state index in [4.69, 9.17) is 9.47 Å². The number of hydrogen-bond acceptors (Lipinski definition) is 5. The Bertz CT molecular complexity index is 547. The first-order chi connectivity index (χ1) is 15.2. The van der Waals surface area contributed by atoms with Crippen LogP contribution in [-0.2, 0) is 23.9 Å². The molecule has 0 heterocycles. The molecule has 0 fully saturated rings. The number of allylic oxidation sites excluding steroid dienone is 2. The SMILES string of the molecule is CCCCCCCCC=CCCCCCCCC(=O)O[C@@H](CC(=O)OC(C)(C)C)C(=O)O. The van der Waals surface area contributed by atoms with Crippen LogP contribution in [0.3, 0.4) is 0 Å². The fourth-order valence-corrected chi connectivity index (χ4v) is 3.27. The second-order valence-electron chi connectivity index (χ2n) is 9.44. The monoisotopic (exact) mass is 454 g/mol. The van der Waals surface area contributed by atoms with E-state index in [0.29, 0.717) is 6.42 Å². The van der Waals surface area contributed by atoms with Gasteiger partial charge in [-0.3, -0.25) is 9.59 Å². The molecule has 0 saturated carbocycles. The summed E-state index contributed by atoms with van der Waals surface area (Å²) in [7, 11) is 0. The third-order valence-electron chi connectivity index (χ3n) is 4.96. The van der Waals surface area contributed by atoms with Crippen LogP contribution in [0.2, 0.25) is 0 Å². The minimum Gasteiger partial charge on any atom is -0.478 e. The van der Waals surface area contributed by atoms with Crippen LogP contribution in [-0.4, -0.2) is 34.7 Å². The number of rotatable bonds is 19. The van der Waals surface area contributed by atoms with Gasteiger partial charge in [-0.25, -0.2) is 4.79 Å². The number of esters is 2. The summed E-state index contributed by atoms with van der Waals surface area (Å²) < 4.78 is 10.1. The van der Waals surface area contributed by atoms with Gasteiger partial charge in [0.05, 0.1) is 6.42 Å². The summed E-state index contributed by atoms with van der Waals surface area (Å²) in [4.78, 5) is 35.0. The topological polar surface area (TPSA) is 89.9 Å². The van der Waals surface area contributed by atoms with Gasteiger partial charge in [-0.05, 0) is 52.9 Å². The van der Waals surface area contributed by atoms with Crippen molar-refractivity contribution in [3.05, 3.63) is 12.2 Å². The lowest BCUT2D eigenvalue weighted by molar-refractivity contribution is -0.171. The Morgan fingerprint density at radius 2 is 1.28 bits per heavy atom. The first-order valence-electron chi connectivity index (χ1n) is 12.4. The quantitative estimate of drug-likeness (QED) is 0.132. The third-order valence-corrected chi connectivity index (χ3v) is 4.96. The van der Waals surface area contributed by atoms with Gasteiger partial charge in [0.25, 0.3) is 0 Å². The molecular formula is C26H46O6. The number of carbonyl (C=O) groups is 3. The van der Waals surface area contributed by atoms with E-state index in [2.05, 4.69) is 19.1 Å². The molecule has 6 nitrogen and oxygen atoms in total. The molecular weight excluding hydrogens is 408 g/mol. The zero-order valence-electron chi connectivity index (χ0n) is 20.8. The van der Waals surface area contributed by atoms with Gasteiger partial charge in [-0.2, -0.15) is 0 Å². The molecule has 32 heavy (non-hydrogen) atoms. The largest absolute Gasteiger partial charge is 0.478 e. The standard InChI is InChI=1S/C26H46O6/c1-5-6-7-8-9-10-11-12-13-14-15-16-17-18-19-20-23(27)31-22(25(29)30)21-24(28)32-26(2,3)4/h12-13,22H,5-11,14-21H2,1-4H3,(H,29,30)/t22-/m0/s1. The number of carbonyl (C=O) groups excluding carboxylic acids is 2. The maximum absolute atomic E-state index is 11.9. The van der Waals surface area contributed by atoms with Crippen molar-refractivity contribution in [2.45, 2.75) is 136 Å². The van der Waals surface area contributed by atoms with E-state index >= 15 is 0 Å². The van der Waals surface area contributed by atoms with Crippen LogP contribution in [0, 0.1) is 0 Å². The van der Waals surface area contributed by atoms with Gasteiger partial charge in [0.1, 0.15) is 5.60 Å². The Morgan fingerprint density at radius 1 is 0.781 bits per heavy atom. The van der Waals surface area contributed by atoms with Crippen LogP contribution in [0.5, 0.6) is 0 Å². The Balaban J connectivity index is 3.75. The average Bonchev–Trinajstić information content (AvgIpc) is 2.69. The van der Waals surface area contributed by atoms with Crippen molar-refractivity contribution >= 4 is 17.9 Å². The second-order valence-corrected chi connectivity index (χ2v) is 9.44. The summed E-state index contributed by atoms with van der Waals surface area (Å²) in [6.07, 6.45) is 17.9. The maximum Gasteiger partial charge on any atom is 0.345 e. The van der Waals surface area contributed by atoms with Crippen LogP contribution in [0.1, 0.15) is 124 Å². The van der Waals surface area contributed by atoms with Crippen molar-refractivity contribution < 1.29 is 29.0 Å². The highest BCUT2D eigenvalue weighted by molar-refractivity contribution is 5.83. The minimum absolute atomic E-state index is 0.163. The molecule has 0 aliphatic rings. The molecule has 0 bridgehead atoms. The molecule has 186 valence electrons. The average molecular weight is 455 g/mol. The number of aliphatic carboxylic acids is 1. The lowest BCUT2D eigenvalue weighted by atomic mass is 10.1. The normalized spacial score (nSPS) is 12.6. The Morgan fingerprint density at radius 3 is 1.78 bits per heavy atom. The van der Waals surface area contributed by atoms with Gasteiger partial charge in [0.15, 0.2) is 0 Å². The maximum atomic E-state index is 11.9. The summed E-state index contributed by atoms with van der Waals surface area (Å²) in [5.41, 5.74) is -0.714. The molecule has 0 unspecified atom stereocenters. The summed E-state index contributed by atoms with van der Waals surface area (Å²) in [5.74, 6) is -2.62. The highest BCUT2D eigenvalue weighted by Gasteiger charge is 2.28. The Labute approximate surface area is 195 Å². The van der Waals surface area contributed by atoms with E-state index in [0.717, 1.165) is 32.1 Å². The first kappa shape index (κ1) is 30.1. The molecule has 6 heteroatoms. The van der Waals surface area contributed by atoms with Crippen molar-refractivity contribution in [2.24, 2.45) is 0 Å². The number of carboxylic acids is 1. The van der Waals surface area contributed by atoms with Gasteiger partial charge < -0.3 is 14.6 Å². The molecule has 0 aliphatic carbocycles. The molecule has 0 aromatic carbocycles. The zero-order chi connectivity index (χ0) is 24.2. The number of carboxylic acid groups (broad SMARTS) is 1. The van der Waals surface area contributed by atoms with E-state index in [1.807, 2.05) is 0 Å². The Kier molecular flexibility index (Phi) is 17.6. The van der Waals surface area contributed by atoms with Crippen molar-refractivity contribution in [2.75, 3.05) is 0 Å². The first-order valence-corrected chi connectivity index (χ1v) is 12.4. The molecule has 0 amide bonds. The van der Waals surface area contributed by atoms with Gasteiger partial charge in [-0.15, -0.1) is 0 Å². The fourth-order valence-electron chi connectivity index (χ4n) is 3.27. The highest BCUT2D eigenvalue weighted by Crippen LogP contribution is 2.13. The van der Waals surface area contributed by atoms with Crippen LogP contribution >= 0.6 is 0 Å². The molecule has 0 spiro atoms. The summed E-state index contributed by atoms with van der Waals surface area (Å²) in [5, 5.41) is 9.18. The van der Waals surface area contributed by atoms with Crippen molar-refractivity contribution in [3.63, 3.8) is 0 Å². The van der Waals surface area contributed by atoms with Gasteiger partial charge in [0, 0.05) is 6.42 Å². The number of ether oxygens (including phenoxy) is 2. The minimum atomic E-state index is -1.50. The van der Waals surface area contributed by atoms with E-state index in [1.54, 1.807) is 20.8 Å². The van der Waals surface area contributed by atoms with Gasteiger partial charge in [0.2, 0.25) is 6.10 Å². The highest BCUT2D eigenvalue weighted by atomic mass is 16.6. The molecule has 0 rings (SSSR count). The molecule has 0 saturated heterocycles. The van der Waals surface area contributed by atoms with E-state index < -0.39 is 36.0 Å². The number of hydrogen-bond donors (Lipinski definition) is 1. The van der Waals surface area contributed by atoms with Crippen LogP contribution in [0.15, 0.2) is 12.2 Å². The van der Waals surface area contributed by atoms with Crippen molar-refractivity contribution in [1.29, 1.82) is 0 Å². The number of unbranched alkanes of at least 4 members (excludes halogenated alkanes) is 11. The van der Waals surface area contributed by atoms with Crippen molar-refractivity contribution in [1.82, 2.24) is 0 Å². The lowest BCUT2D eigenvalue weighted by Crippen LogP contribution is -2.33. The predicted octanol–water partition coefficient (Wildman–Crippen LogP) is 6.75. The van der Waals surface area contributed by atoms with Crippen LogP contribution in [0.25, 0.3) is 0 Å². The van der Waals surface area contributed by atoms with Crippen molar-refractivity contribution in [3.8, 4) is 0 Å². The van der Waals surface area contributed by atoms with Gasteiger partial charge >= 0.3 is 17.9 Å². The molecule has 0 aliphatic heterocycles. The van der Waals surface area contributed by atoms with E-state index in [-0.39, 0.29) is 6.42 Å². The smallest absolute Gasteiger partial charge is 0.345 e. The summed E-state index contributed by atoms with van der Waals surface area (Å²) in [6, 6.07) is 0. The molecule has 1 atom stereocenters. The fraction of sp³-hybridized carbons (Fsp3) is 0.808. The van der Waals surface area contributed by atoms with Gasteiger partial charge in [-0.1, -0.05) is 70.4 Å². The van der Waals surface area contributed by atoms with E-state index in [9.17, 15) is 19.5 Å². The third kappa shape index (κ3) is 20.1. The van der Waals surface area contributed by atoms with Crippen LogP contribution < -0.4 is 0 Å². The Hall–Kier alpha value is -1.85. The van der Waals surface area contributed by atoms with E-state index in [1.165, 1.54) is 44.9 Å². The molecule has 1 N–H and O–H groups in total. The zero-order valence-corrected chi connectivity index (χ0v) is 20.8. The second kappa shape index (κ2) is 18.7. The lowest BCUT2D eigenvalue weighted by Gasteiger charge is -2.21. The predicted molar refractivity (Wildman–Crippen MR) is 127 cm³/mol. The molecule has 0 aromatic heterocycles. The summed E-state index contributed by atoms with van der Waals surface area (Å²) in [6.45, 7) is 7.32. The molecule has 0 aromatic rings. The molecule has 0 radical (unpaired) electrons. The summed E-state index contributed by atoms with van der Waals surface area (Å²) >= 11 is 0. The van der Waals surface area contributed by atoms with Crippen LogP contribution in [0.4, 0.5) is 0 Å².